The molecule has 2 aromatic rings. The van der Waals surface area contributed by atoms with Crippen molar-refractivity contribution >= 4 is 38.6 Å². The lowest BCUT2D eigenvalue weighted by Crippen LogP contribution is -2.08. The summed E-state index contributed by atoms with van der Waals surface area (Å²) in [5, 5.41) is 0.959. The summed E-state index contributed by atoms with van der Waals surface area (Å²) in [6.45, 7) is 0. The molecule has 2 aromatic heterocycles. The quantitative estimate of drug-likeness (QED) is 0.894. The highest BCUT2D eigenvalue weighted by molar-refractivity contribution is 9.10. The summed E-state index contributed by atoms with van der Waals surface area (Å²) in [4.78, 5) is 4.55. The van der Waals surface area contributed by atoms with Crippen molar-refractivity contribution in [3.8, 4) is 0 Å². The number of alkyl halides is 3. The van der Waals surface area contributed by atoms with E-state index in [-0.39, 0.29) is 0 Å². The lowest BCUT2D eigenvalue weighted by Gasteiger charge is -2.07. The van der Waals surface area contributed by atoms with Crippen LogP contribution >= 0.6 is 38.6 Å². The molecule has 0 aliphatic heterocycles. The first-order valence-electron chi connectivity index (χ1n) is 4.41. The van der Waals surface area contributed by atoms with Crippen LogP contribution in [0.25, 0.3) is 0 Å². The SMILES string of the molecule is NC(c1cnc(C(F)(F)F)s1)c1sccc1Br. The molecule has 2 heterocycles. The van der Waals surface area contributed by atoms with Gasteiger partial charge in [0.2, 0.25) is 0 Å². The molecule has 0 aliphatic rings. The van der Waals surface area contributed by atoms with E-state index >= 15 is 0 Å². The Kier molecular flexibility index (Phi) is 3.58. The van der Waals surface area contributed by atoms with E-state index in [1.54, 1.807) is 0 Å². The largest absolute Gasteiger partial charge is 0.443 e. The van der Waals surface area contributed by atoms with Crippen molar-refractivity contribution in [2.24, 2.45) is 5.73 Å². The van der Waals surface area contributed by atoms with Gasteiger partial charge in [0.05, 0.1) is 6.04 Å². The molecule has 1 atom stereocenters. The van der Waals surface area contributed by atoms with Crippen LogP contribution in [0.3, 0.4) is 0 Å². The van der Waals surface area contributed by atoms with Gasteiger partial charge in [-0.25, -0.2) is 4.98 Å². The third-order valence-corrected chi connectivity index (χ3v) is 5.08. The zero-order chi connectivity index (χ0) is 12.6. The lowest BCUT2D eigenvalue weighted by atomic mass is 10.2. The number of rotatable bonds is 2. The zero-order valence-corrected chi connectivity index (χ0v) is 11.4. The molecule has 2 rings (SSSR count). The van der Waals surface area contributed by atoms with Crippen LogP contribution in [-0.4, -0.2) is 4.98 Å². The first-order chi connectivity index (χ1) is 7.89. The smallest absolute Gasteiger partial charge is 0.319 e. The fourth-order valence-corrected chi connectivity index (χ4v) is 3.73. The van der Waals surface area contributed by atoms with Crippen LogP contribution in [0.4, 0.5) is 13.2 Å². The molecule has 0 bridgehead atoms. The first-order valence-corrected chi connectivity index (χ1v) is 6.90. The first kappa shape index (κ1) is 13.0. The number of thiophene rings is 1. The Bertz CT molecular complexity index is 520. The molecular formula is C9H6BrF3N2S2. The van der Waals surface area contributed by atoms with Crippen molar-refractivity contribution in [1.82, 2.24) is 4.98 Å². The summed E-state index contributed by atoms with van der Waals surface area (Å²) in [6.07, 6.45) is -3.22. The monoisotopic (exact) mass is 342 g/mol. The van der Waals surface area contributed by atoms with E-state index in [2.05, 4.69) is 20.9 Å². The molecule has 0 amide bonds. The third kappa shape index (κ3) is 2.70. The summed E-state index contributed by atoms with van der Waals surface area (Å²) in [5.41, 5.74) is 5.90. The van der Waals surface area contributed by atoms with Gasteiger partial charge in [-0.2, -0.15) is 13.2 Å². The van der Waals surface area contributed by atoms with E-state index in [0.29, 0.717) is 16.2 Å². The highest BCUT2D eigenvalue weighted by Crippen LogP contribution is 2.38. The van der Waals surface area contributed by atoms with Gasteiger partial charge in [-0.05, 0) is 27.4 Å². The molecule has 2 N–H and O–H groups in total. The molecule has 0 fully saturated rings. The Hall–Kier alpha value is -0.440. The summed E-state index contributed by atoms with van der Waals surface area (Å²) in [6, 6.07) is 1.24. The van der Waals surface area contributed by atoms with E-state index in [4.69, 9.17) is 5.73 Å². The number of nitrogens with two attached hydrogens (primary N) is 1. The maximum Gasteiger partial charge on any atom is 0.443 e. The van der Waals surface area contributed by atoms with Gasteiger partial charge in [-0.15, -0.1) is 22.7 Å². The predicted molar refractivity (Wildman–Crippen MR) is 65.2 cm³/mol. The topological polar surface area (TPSA) is 38.9 Å². The zero-order valence-electron chi connectivity index (χ0n) is 8.16. The fourth-order valence-electron chi connectivity index (χ4n) is 1.22. The minimum atomic E-state index is -4.41. The maximum absolute atomic E-state index is 12.4. The summed E-state index contributed by atoms with van der Waals surface area (Å²) in [5.74, 6) is 0. The molecule has 0 saturated heterocycles. The third-order valence-electron chi connectivity index (χ3n) is 2.00. The number of hydrogen-bond donors (Lipinski definition) is 1. The minimum absolute atomic E-state index is 0.403. The lowest BCUT2D eigenvalue weighted by molar-refractivity contribution is -0.137. The molecule has 0 aromatic carbocycles. The Morgan fingerprint density at radius 1 is 1.41 bits per heavy atom. The Balaban J connectivity index is 2.30. The van der Waals surface area contributed by atoms with Crippen LogP contribution in [0.15, 0.2) is 22.1 Å². The van der Waals surface area contributed by atoms with Crippen molar-refractivity contribution in [3.05, 3.63) is 36.9 Å². The number of nitrogens with zero attached hydrogens (tertiary/aromatic N) is 1. The number of aromatic nitrogens is 1. The molecule has 8 heteroatoms. The van der Waals surface area contributed by atoms with Crippen LogP contribution in [0, 0.1) is 0 Å². The maximum atomic E-state index is 12.4. The van der Waals surface area contributed by atoms with Crippen molar-refractivity contribution < 1.29 is 13.2 Å². The van der Waals surface area contributed by atoms with Crippen molar-refractivity contribution in [3.63, 3.8) is 0 Å². The van der Waals surface area contributed by atoms with Crippen molar-refractivity contribution in [2.75, 3.05) is 0 Å². The van der Waals surface area contributed by atoms with Gasteiger partial charge < -0.3 is 5.73 Å². The van der Waals surface area contributed by atoms with Crippen molar-refractivity contribution in [1.29, 1.82) is 0 Å². The normalized spacial score (nSPS) is 13.9. The van der Waals surface area contributed by atoms with Gasteiger partial charge in [0.1, 0.15) is 0 Å². The molecule has 0 aliphatic carbocycles. The second-order valence-corrected chi connectivity index (χ2v) is 6.04. The van der Waals surface area contributed by atoms with Crippen molar-refractivity contribution in [2.45, 2.75) is 12.2 Å². The Labute approximate surface area is 111 Å². The highest BCUT2D eigenvalue weighted by Gasteiger charge is 2.35. The van der Waals surface area contributed by atoms with Gasteiger partial charge in [-0.3, -0.25) is 0 Å². The average Bonchev–Trinajstić information content (AvgIpc) is 2.83. The standard InChI is InChI=1S/C9H6BrF3N2S2/c10-4-1-2-16-7(4)6(14)5-3-15-8(17-5)9(11,12)13/h1-3,6H,14H2. The van der Waals surface area contributed by atoms with Crippen LogP contribution in [0.1, 0.15) is 20.8 Å². The molecular weight excluding hydrogens is 337 g/mol. The highest BCUT2D eigenvalue weighted by atomic mass is 79.9. The summed E-state index contributed by atoms with van der Waals surface area (Å²) >= 11 is 5.28. The van der Waals surface area contributed by atoms with Crippen LogP contribution in [-0.2, 0) is 6.18 Å². The predicted octanol–water partition coefficient (Wildman–Crippen LogP) is 4.03. The second-order valence-electron chi connectivity index (χ2n) is 3.18. The van der Waals surface area contributed by atoms with Gasteiger partial charge >= 0.3 is 6.18 Å². The van der Waals surface area contributed by atoms with E-state index in [0.717, 1.165) is 9.35 Å². The summed E-state index contributed by atoms with van der Waals surface area (Å²) in [7, 11) is 0. The van der Waals surface area contributed by atoms with Gasteiger partial charge in [-0.1, -0.05) is 0 Å². The average molecular weight is 343 g/mol. The second kappa shape index (κ2) is 4.68. The molecule has 1 unspecified atom stereocenters. The number of thiazole rings is 1. The van der Waals surface area contributed by atoms with E-state index in [1.165, 1.54) is 17.5 Å². The molecule has 2 nitrogen and oxygen atoms in total. The van der Waals surface area contributed by atoms with Crippen LogP contribution in [0.5, 0.6) is 0 Å². The Morgan fingerprint density at radius 2 is 2.12 bits per heavy atom. The van der Waals surface area contributed by atoms with Gasteiger partial charge in [0.15, 0.2) is 5.01 Å². The number of hydrogen-bond acceptors (Lipinski definition) is 4. The molecule has 0 saturated carbocycles. The van der Waals surface area contributed by atoms with Crippen LogP contribution < -0.4 is 5.73 Å². The molecule has 92 valence electrons. The fraction of sp³-hybridized carbons (Fsp3) is 0.222. The van der Waals surface area contributed by atoms with E-state index in [9.17, 15) is 13.2 Å². The van der Waals surface area contributed by atoms with E-state index < -0.39 is 17.2 Å². The number of halogens is 4. The summed E-state index contributed by atoms with van der Waals surface area (Å²) < 4.78 is 38.0. The Morgan fingerprint density at radius 3 is 2.59 bits per heavy atom. The molecule has 17 heavy (non-hydrogen) atoms. The molecule has 0 radical (unpaired) electrons. The minimum Gasteiger partial charge on any atom is -0.319 e. The van der Waals surface area contributed by atoms with Gasteiger partial charge in [0, 0.05) is 20.4 Å². The van der Waals surface area contributed by atoms with Crippen LogP contribution in [0.2, 0.25) is 0 Å². The van der Waals surface area contributed by atoms with E-state index in [1.807, 2.05) is 11.4 Å². The van der Waals surface area contributed by atoms with Gasteiger partial charge in [0.25, 0.3) is 0 Å². The molecule has 0 spiro atoms.